The number of benzene rings is 2. The third kappa shape index (κ3) is 3.91. The monoisotopic (exact) mass is 404 g/mol. The molecule has 0 spiro atoms. The van der Waals surface area contributed by atoms with E-state index < -0.39 is 18.1 Å². The lowest BCUT2D eigenvalue weighted by molar-refractivity contribution is -0.135. The van der Waals surface area contributed by atoms with Crippen LogP contribution in [0.3, 0.4) is 0 Å². The lowest BCUT2D eigenvalue weighted by Gasteiger charge is -2.37. The lowest BCUT2D eigenvalue weighted by atomic mass is 9.99. The van der Waals surface area contributed by atoms with Gasteiger partial charge in [0.15, 0.2) is 0 Å². The highest BCUT2D eigenvalue weighted by atomic mass is 16.2. The van der Waals surface area contributed by atoms with E-state index in [-0.39, 0.29) is 18.4 Å². The van der Waals surface area contributed by atoms with E-state index in [0.717, 1.165) is 11.1 Å². The number of fused-ring (bicyclic) bond motifs is 1. The van der Waals surface area contributed by atoms with Gasteiger partial charge in [0, 0.05) is 19.8 Å². The minimum atomic E-state index is -0.654. The number of carbonyl (C=O) groups excluding carboxylic acids is 3. The summed E-state index contributed by atoms with van der Waals surface area (Å²) in [5, 5.41) is 5.74. The Bertz CT molecular complexity index is 974. The van der Waals surface area contributed by atoms with Gasteiger partial charge < -0.3 is 15.5 Å². The Balaban J connectivity index is 1.41. The second-order valence-electron chi connectivity index (χ2n) is 7.52. The molecule has 1 fully saturated rings. The molecule has 2 aliphatic rings. The fourth-order valence-corrected chi connectivity index (χ4v) is 3.91. The second-order valence-corrected chi connectivity index (χ2v) is 7.52. The molecular weight excluding hydrogens is 380 g/mol. The summed E-state index contributed by atoms with van der Waals surface area (Å²) in [4.78, 5) is 41.3. The zero-order valence-corrected chi connectivity index (χ0v) is 16.7. The SMILES string of the molecule is CN1C=C(C(=O)NCCc2ccccc2)C2NC(=O)N(Cc3ccccc3)C(=O)C21. The van der Waals surface area contributed by atoms with Crippen molar-refractivity contribution >= 4 is 17.8 Å². The molecule has 2 atom stereocenters. The van der Waals surface area contributed by atoms with E-state index in [4.69, 9.17) is 0 Å². The van der Waals surface area contributed by atoms with Crippen molar-refractivity contribution in [3.05, 3.63) is 83.6 Å². The average molecular weight is 404 g/mol. The maximum Gasteiger partial charge on any atom is 0.325 e. The van der Waals surface area contributed by atoms with Gasteiger partial charge in [0.1, 0.15) is 6.04 Å². The van der Waals surface area contributed by atoms with Crippen LogP contribution >= 0.6 is 0 Å². The summed E-state index contributed by atoms with van der Waals surface area (Å²) < 4.78 is 0. The lowest BCUT2D eigenvalue weighted by Crippen LogP contribution is -2.64. The van der Waals surface area contributed by atoms with Crippen molar-refractivity contribution in [3.63, 3.8) is 0 Å². The molecule has 1 saturated heterocycles. The third-order valence-corrected chi connectivity index (χ3v) is 5.46. The molecule has 30 heavy (non-hydrogen) atoms. The highest BCUT2D eigenvalue weighted by molar-refractivity contribution is 6.05. The van der Waals surface area contributed by atoms with E-state index in [1.807, 2.05) is 60.7 Å². The van der Waals surface area contributed by atoms with Gasteiger partial charge in [-0.15, -0.1) is 0 Å². The number of nitrogens with one attached hydrogen (secondary N) is 2. The average Bonchev–Trinajstić information content (AvgIpc) is 3.09. The Morgan fingerprint density at radius 2 is 1.63 bits per heavy atom. The molecule has 7 heteroatoms. The van der Waals surface area contributed by atoms with E-state index in [0.29, 0.717) is 18.5 Å². The Hall–Kier alpha value is -3.61. The van der Waals surface area contributed by atoms with Gasteiger partial charge in [-0.3, -0.25) is 14.5 Å². The quantitative estimate of drug-likeness (QED) is 0.767. The second kappa shape index (κ2) is 8.41. The molecule has 4 rings (SSSR count). The van der Waals surface area contributed by atoms with Crippen LogP contribution in [0.4, 0.5) is 4.79 Å². The van der Waals surface area contributed by atoms with Crippen LogP contribution in [0.15, 0.2) is 72.4 Å². The molecule has 2 aromatic rings. The zero-order chi connectivity index (χ0) is 21.1. The standard InChI is InChI=1S/C23H24N4O3/c1-26-15-18(21(28)24-13-12-16-8-4-2-5-9-16)19-20(26)22(29)27(23(30)25-19)14-17-10-6-3-7-11-17/h2-11,15,19-20H,12-14H2,1H3,(H,24,28)(H,25,30). The number of hydrogen-bond acceptors (Lipinski definition) is 4. The van der Waals surface area contributed by atoms with Crippen LogP contribution in [0.5, 0.6) is 0 Å². The Morgan fingerprint density at radius 3 is 2.30 bits per heavy atom. The van der Waals surface area contributed by atoms with Gasteiger partial charge >= 0.3 is 6.03 Å². The van der Waals surface area contributed by atoms with Crippen LogP contribution in [-0.4, -0.2) is 53.3 Å². The summed E-state index contributed by atoms with van der Waals surface area (Å²) in [5.74, 6) is -0.576. The maximum atomic E-state index is 13.1. The van der Waals surface area contributed by atoms with Crippen LogP contribution in [0.2, 0.25) is 0 Å². The first-order chi connectivity index (χ1) is 14.5. The summed E-state index contributed by atoms with van der Waals surface area (Å²) >= 11 is 0. The minimum absolute atomic E-state index is 0.196. The molecule has 0 aromatic heterocycles. The van der Waals surface area contributed by atoms with Gasteiger partial charge in [0.05, 0.1) is 18.2 Å². The minimum Gasteiger partial charge on any atom is -0.366 e. The number of urea groups is 1. The molecule has 2 aliphatic heterocycles. The van der Waals surface area contributed by atoms with Crippen molar-refractivity contribution in [2.45, 2.75) is 25.0 Å². The number of nitrogens with zero attached hydrogens (tertiary/aromatic N) is 2. The van der Waals surface area contributed by atoms with E-state index in [1.54, 1.807) is 18.1 Å². The molecule has 2 N–H and O–H groups in total. The summed E-state index contributed by atoms with van der Waals surface area (Å²) in [6, 6.07) is 17.5. The predicted molar refractivity (Wildman–Crippen MR) is 112 cm³/mol. The summed E-state index contributed by atoms with van der Waals surface area (Å²) in [6.07, 6.45) is 2.36. The van der Waals surface area contributed by atoms with Crippen LogP contribution in [0.1, 0.15) is 11.1 Å². The number of imide groups is 1. The molecule has 154 valence electrons. The molecule has 4 amide bonds. The first-order valence-electron chi connectivity index (χ1n) is 9.96. The highest BCUT2D eigenvalue weighted by Crippen LogP contribution is 2.27. The first-order valence-corrected chi connectivity index (χ1v) is 9.96. The zero-order valence-electron chi connectivity index (χ0n) is 16.7. The smallest absolute Gasteiger partial charge is 0.325 e. The first kappa shape index (κ1) is 19.7. The fourth-order valence-electron chi connectivity index (χ4n) is 3.91. The van der Waals surface area contributed by atoms with Crippen LogP contribution in [0.25, 0.3) is 0 Å². The van der Waals surface area contributed by atoms with Crippen molar-refractivity contribution in [3.8, 4) is 0 Å². The van der Waals surface area contributed by atoms with Crippen LogP contribution in [-0.2, 0) is 22.6 Å². The van der Waals surface area contributed by atoms with Gasteiger partial charge in [0.25, 0.3) is 11.8 Å². The van der Waals surface area contributed by atoms with Crippen molar-refractivity contribution in [1.82, 2.24) is 20.4 Å². The van der Waals surface area contributed by atoms with Gasteiger partial charge in [-0.1, -0.05) is 60.7 Å². The van der Waals surface area contributed by atoms with E-state index >= 15 is 0 Å². The predicted octanol–water partition coefficient (Wildman–Crippen LogP) is 1.66. The molecule has 7 nitrogen and oxygen atoms in total. The number of carbonyl (C=O) groups is 3. The Labute approximate surface area is 175 Å². The molecule has 2 unspecified atom stereocenters. The number of amides is 4. The third-order valence-electron chi connectivity index (χ3n) is 5.46. The maximum absolute atomic E-state index is 13.1. The van der Waals surface area contributed by atoms with Crippen LogP contribution in [0, 0.1) is 0 Å². The molecular formula is C23H24N4O3. The van der Waals surface area contributed by atoms with Gasteiger partial charge in [0.2, 0.25) is 0 Å². The Kier molecular flexibility index (Phi) is 5.52. The highest BCUT2D eigenvalue weighted by Gasteiger charge is 2.49. The molecule has 0 aliphatic carbocycles. The number of hydrogen-bond donors (Lipinski definition) is 2. The summed E-state index contributed by atoms with van der Waals surface area (Å²) in [5.41, 5.74) is 2.40. The van der Waals surface area contributed by atoms with E-state index in [9.17, 15) is 14.4 Å². The van der Waals surface area contributed by atoms with Crippen molar-refractivity contribution in [1.29, 1.82) is 0 Å². The molecule has 2 aromatic carbocycles. The molecule has 2 heterocycles. The van der Waals surface area contributed by atoms with E-state index in [2.05, 4.69) is 10.6 Å². The number of rotatable bonds is 6. The summed E-state index contributed by atoms with van der Waals surface area (Å²) in [7, 11) is 1.75. The molecule has 0 radical (unpaired) electrons. The Morgan fingerprint density at radius 1 is 1.00 bits per heavy atom. The van der Waals surface area contributed by atoms with E-state index in [1.165, 1.54) is 4.90 Å². The van der Waals surface area contributed by atoms with Gasteiger partial charge in [-0.25, -0.2) is 4.79 Å². The van der Waals surface area contributed by atoms with Crippen molar-refractivity contribution in [2.75, 3.05) is 13.6 Å². The normalized spacial score (nSPS) is 20.5. The largest absolute Gasteiger partial charge is 0.366 e. The van der Waals surface area contributed by atoms with Gasteiger partial charge in [-0.05, 0) is 17.5 Å². The fraction of sp³-hybridized carbons (Fsp3) is 0.261. The van der Waals surface area contributed by atoms with Gasteiger partial charge in [-0.2, -0.15) is 0 Å². The van der Waals surface area contributed by atoms with Crippen molar-refractivity contribution in [2.24, 2.45) is 0 Å². The van der Waals surface area contributed by atoms with Crippen LogP contribution < -0.4 is 10.6 Å². The molecule has 0 saturated carbocycles. The van der Waals surface area contributed by atoms with Crippen molar-refractivity contribution < 1.29 is 14.4 Å². The molecule has 0 bridgehead atoms. The summed E-state index contributed by atoms with van der Waals surface area (Å²) in [6.45, 7) is 0.671. The number of likely N-dealkylation sites (N-methyl/N-ethyl adjacent to an activating group) is 1. The topological polar surface area (TPSA) is 81.8 Å².